The van der Waals surface area contributed by atoms with Crippen molar-refractivity contribution in [2.45, 2.75) is 19.0 Å². The predicted octanol–water partition coefficient (Wildman–Crippen LogP) is 3.57. The minimum Gasteiger partial charge on any atom is -0.459 e. The van der Waals surface area contributed by atoms with E-state index in [9.17, 15) is 10.2 Å². The van der Waals surface area contributed by atoms with Crippen LogP contribution in [0.3, 0.4) is 0 Å². The zero-order valence-electron chi connectivity index (χ0n) is 14.1. The highest BCUT2D eigenvalue weighted by molar-refractivity contribution is 6.18. The Bertz CT molecular complexity index is 1050. The third kappa shape index (κ3) is 2.78. The van der Waals surface area contributed by atoms with Crippen molar-refractivity contribution in [2.24, 2.45) is 0 Å². The van der Waals surface area contributed by atoms with Crippen LogP contribution in [0.15, 0.2) is 59.0 Å². The molecule has 4 rings (SSSR count). The molecule has 3 N–H and O–H groups in total. The fourth-order valence-electron chi connectivity index (χ4n) is 3.19. The first-order valence-corrected chi connectivity index (χ1v) is 8.43. The molecule has 0 radical (unpaired) electrons. The topological polar surface area (TPSA) is 65.6 Å². The SMILES string of the molecule is CC(CO)(CO)NCc1cc2ccc3ccc4ccccc4c3c2o1. The summed E-state index contributed by atoms with van der Waals surface area (Å²) in [5.74, 6) is 0.781. The van der Waals surface area contributed by atoms with Crippen LogP contribution in [-0.4, -0.2) is 29.0 Å². The van der Waals surface area contributed by atoms with Gasteiger partial charge in [-0.15, -0.1) is 0 Å². The normalized spacial score (nSPS) is 12.4. The van der Waals surface area contributed by atoms with Gasteiger partial charge in [0, 0.05) is 10.8 Å². The van der Waals surface area contributed by atoms with Crippen LogP contribution in [0.25, 0.3) is 32.5 Å². The van der Waals surface area contributed by atoms with Gasteiger partial charge in [0.25, 0.3) is 0 Å². The summed E-state index contributed by atoms with van der Waals surface area (Å²) in [6.45, 7) is 1.94. The Kier molecular flexibility index (Phi) is 3.96. The maximum absolute atomic E-state index is 9.41. The molecule has 0 aliphatic carbocycles. The van der Waals surface area contributed by atoms with Crippen molar-refractivity contribution >= 4 is 32.5 Å². The summed E-state index contributed by atoms with van der Waals surface area (Å²) in [5.41, 5.74) is 0.147. The minimum atomic E-state index is -0.728. The molecule has 0 fully saturated rings. The fraction of sp³-hybridized carbons (Fsp3) is 0.238. The Morgan fingerprint density at radius 2 is 1.60 bits per heavy atom. The number of aliphatic hydroxyl groups is 2. The van der Waals surface area contributed by atoms with Crippen LogP contribution in [0.2, 0.25) is 0 Å². The summed E-state index contributed by atoms with van der Waals surface area (Å²) in [6, 6.07) is 18.7. The van der Waals surface area contributed by atoms with E-state index in [0.717, 1.165) is 27.5 Å². The molecule has 0 unspecified atom stereocenters. The lowest BCUT2D eigenvalue weighted by molar-refractivity contribution is 0.101. The molecule has 0 bridgehead atoms. The largest absolute Gasteiger partial charge is 0.459 e. The molecule has 128 valence electrons. The smallest absolute Gasteiger partial charge is 0.142 e. The maximum atomic E-state index is 9.41. The first-order valence-electron chi connectivity index (χ1n) is 8.43. The standard InChI is InChI=1S/C21H21NO3/c1-21(12-23,13-24)22-11-17-10-16-9-8-15-7-6-14-4-2-3-5-18(14)19(15)20(16)25-17/h2-10,22-24H,11-13H2,1H3. The summed E-state index contributed by atoms with van der Waals surface area (Å²) in [4.78, 5) is 0. The third-order valence-corrected chi connectivity index (χ3v) is 4.83. The molecule has 0 aliphatic heterocycles. The molecule has 0 saturated carbocycles. The predicted molar refractivity (Wildman–Crippen MR) is 101 cm³/mol. The van der Waals surface area contributed by atoms with E-state index >= 15 is 0 Å². The van der Waals surface area contributed by atoms with Crippen molar-refractivity contribution in [2.75, 3.05) is 13.2 Å². The van der Waals surface area contributed by atoms with E-state index in [1.165, 1.54) is 10.8 Å². The van der Waals surface area contributed by atoms with Crippen molar-refractivity contribution in [3.8, 4) is 0 Å². The third-order valence-electron chi connectivity index (χ3n) is 4.83. The molecule has 4 nitrogen and oxygen atoms in total. The molecule has 0 amide bonds. The number of hydrogen-bond acceptors (Lipinski definition) is 4. The van der Waals surface area contributed by atoms with Gasteiger partial charge in [-0.2, -0.15) is 0 Å². The average molecular weight is 335 g/mol. The summed E-state index contributed by atoms with van der Waals surface area (Å²) in [5, 5.41) is 27.7. The van der Waals surface area contributed by atoms with E-state index in [-0.39, 0.29) is 13.2 Å². The molecule has 0 saturated heterocycles. The zero-order valence-corrected chi connectivity index (χ0v) is 14.1. The zero-order chi connectivity index (χ0) is 17.4. The van der Waals surface area contributed by atoms with Gasteiger partial charge in [0.15, 0.2) is 0 Å². The highest BCUT2D eigenvalue weighted by Crippen LogP contribution is 2.33. The number of nitrogens with one attached hydrogen (secondary N) is 1. The summed E-state index contributed by atoms with van der Waals surface area (Å²) >= 11 is 0. The summed E-state index contributed by atoms with van der Waals surface area (Å²) in [6.07, 6.45) is 0. The van der Waals surface area contributed by atoms with E-state index in [1.807, 2.05) is 18.2 Å². The van der Waals surface area contributed by atoms with Crippen molar-refractivity contribution in [1.29, 1.82) is 0 Å². The van der Waals surface area contributed by atoms with Crippen LogP contribution in [0, 0.1) is 0 Å². The van der Waals surface area contributed by atoms with Gasteiger partial charge in [-0.05, 0) is 29.1 Å². The highest BCUT2D eigenvalue weighted by Gasteiger charge is 2.22. The lowest BCUT2D eigenvalue weighted by atomic mass is 10.0. The van der Waals surface area contributed by atoms with E-state index in [1.54, 1.807) is 6.92 Å². The van der Waals surface area contributed by atoms with Crippen LogP contribution in [-0.2, 0) is 6.54 Å². The molecule has 4 heteroatoms. The Morgan fingerprint density at radius 1 is 0.920 bits per heavy atom. The number of fused-ring (bicyclic) bond motifs is 5. The Balaban J connectivity index is 1.82. The first kappa shape index (κ1) is 16.1. The molecule has 1 heterocycles. The second-order valence-electron chi connectivity index (χ2n) is 6.81. The molecule has 0 spiro atoms. The van der Waals surface area contributed by atoms with Gasteiger partial charge in [0.05, 0.1) is 25.3 Å². The second-order valence-corrected chi connectivity index (χ2v) is 6.81. The first-order chi connectivity index (χ1) is 12.1. The van der Waals surface area contributed by atoms with E-state index < -0.39 is 5.54 Å². The second kappa shape index (κ2) is 6.15. The monoisotopic (exact) mass is 335 g/mol. The van der Waals surface area contributed by atoms with Gasteiger partial charge in [0.2, 0.25) is 0 Å². The molecule has 0 aliphatic rings. The quantitative estimate of drug-likeness (QED) is 0.488. The summed E-state index contributed by atoms with van der Waals surface area (Å²) < 4.78 is 6.15. The van der Waals surface area contributed by atoms with Gasteiger partial charge >= 0.3 is 0 Å². The summed E-state index contributed by atoms with van der Waals surface area (Å²) in [7, 11) is 0. The number of aliphatic hydroxyl groups excluding tert-OH is 2. The van der Waals surface area contributed by atoms with Crippen LogP contribution in [0.5, 0.6) is 0 Å². The van der Waals surface area contributed by atoms with Crippen molar-refractivity contribution in [1.82, 2.24) is 5.32 Å². The van der Waals surface area contributed by atoms with Gasteiger partial charge in [0.1, 0.15) is 11.3 Å². The van der Waals surface area contributed by atoms with E-state index in [2.05, 4.69) is 41.7 Å². The molecular formula is C21H21NO3. The van der Waals surface area contributed by atoms with E-state index in [0.29, 0.717) is 6.54 Å². The highest BCUT2D eigenvalue weighted by atomic mass is 16.3. The van der Waals surface area contributed by atoms with Crippen LogP contribution in [0.1, 0.15) is 12.7 Å². The Labute approximate surface area is 145 Å². The Morgan fingerprint density at radius 3 is 2.36 bits per heavy atom. The van der Waals surface area contributed by atoms with E-state index in [4.69, 9.17) is 4.42 Å². The van der Waals surface area contributed by atoms with Crippen molar-refractivity contribution in [3.05, 3.63) is 60.4 Å². The van der Waals surface area contributed by atoms with Gasteiger partial charge in [-0.1, -0.05) is 48.5 Å². The molecule has 0 atom stereocenters. The fourth-order valence-corrected chi connectivity index (χ4v) is 3.19. The van der Waals surface area contributed by atoms with Gasteiger partial charge in [-0.25, -0.2) is 0 Å². The average Bonchev–Trinajstić information content (AvgIpc) is 3.09. The molecule has 25 heavy (non-hydrogen) atoms. The number of benzene rings is 3. The number of rotatable bonds is 5. The minimum absolute atomic E-state index is 0.142. The number of hydrogen-bond donors (Lipinski definition) is 3. The van der Waals surface area contributed by atoms with Gasteiger partial charge in [-0.3, -0.25) is 0 Å². The van der Waals surface area contributed by atoms with Crippen LogP contribution < -0.4 is 5.32 Å². The lowest BCUT2D eigenvalue weighted by Crippen LogP contribution is -2.48. The maximum Gasteiger partial charge on any atom is 0.142 e. The molecular weight excluding hydrogens is 314 g/mol. The van der Waals surface area contributed by atoms with Crippen LogP contribution >= 0.6 is 0 Å². The Hall–Kier alpha value is -2.40. The van der Waals surface area contributed by atoms with Gasteiger partial charge < -0.3 is 19.9 Å². The molecule has 3 aromatic carbocycles. The number of furan rings is 1. The lowest BCUT2D eigenvalue weighted by Gasteiger charge is -2.25. The van der Waals surface area contributed by atoms with Crippen LogP contribution in [0.4, 0.5) is 0 Å². The molecule has 4 aromatic rings. The van der Waals surface area contributed by atoms with Crippen molar-refractivity contribution in [3.63, 3.8) is 0 Å². The van der Waals surface area contributed by atoms with Crippen molar-refractivity contribution < 1.29 is 14.6 Å². The molecule has 1 aromatic heterocycles.